The molecule has 1 aliphatic rings. The third kappa shape index (κ3) is 3.70. The number of pyridine rings is 1. The summed E-state index contributed by atoms with van der Waals surface area (Å²) in [7, 11) is 0. The largest absolute Gasteiger partial charge is 0.505 e. The van der Waals surface area contributed by atoms with Crippen LogP contribution in [0.2, 0.25) is 0 Å². The molecule has 1 unspecified atom stereocenters. The van der Waals surface area contributed by atoms with Gasteiger partial charge in [-0.1, -0.05) is 6.92 Å². The Morgan fingerprint density at radius 2 is 2.21 bits per heavy atom. The van der Waals surface area contributed by atoms with Crippen molar-refractivity contribution in [2.75, 3.05) is 13.2 Å². The quantitative estimate of drug-likeness (QED) is 0.659. The minimum absolute atomic E-state index is 0.0534. The molecular weight excluding hydrogens is 371 g/mol. The number of aromatic hydroxyl groups is 1. The van der Waals surface area contributed by atoms with Gasteiger partial charge >= 0.3 is 0 Å². The second-order valence-corrected chi connectivity index (χ2v) is 7.35. The van der Waals surface area contributed by atoms with Crippen LogP contribution in [0.3, 0.4) is 0 Å². The van der Waals surface area contributed by atoms with Gasteiger partial charge in [0.05, 0.1) is 18.6 Å². The van der Waals surface area contributed by atoms with Crippen LogP contribution < -0.4 is 4.74 Å². The fourth-order valence-electron chi connectivity index (χ4n) is 3.92. The molecule has 0 spiro atoms. The molecule has 1 N–H and O–H groups in total. The van der Waals surface area contributed by atoms with Crippen molar-refractivity contribution in [3.05, 3.63) is 48.3 Å². The summed E-state index contributed by atoms with van der Waals surface area (Å²) >= 11 is 0. The molecule has 29 heavy (non-hydrogen) atoms. The minimum atomic E-state index is -0.655. The van der Waals surface area contributed by atoms with Crippen LogP contribution in [0.15, 0.2) is 36.9 Å². The monoisotopic (exact) mass is 394 g/mol. The van der Waals surface area contributed by atoms with Crippen LogP contribution in [-0.4, -0.2) is 38.6 Å². The number of benzene rings is 1. The van der Waals surface area contributed by atoms with Crippen LogP contribution in [0.1, 0.15) is 31.7 Å². The number of rotatable bonds is 5. The highest BCUT2D eigenvalue weighted by Crippen LogP contribution is 2.34. The molecule has 4 rings (SSSR count). The van der Waals surface area contributed by atoms with E-state index in [4.69, 9.17) is 4.74 Å². The lowest BCUT2D eigenvalue weighted by Crippen LogP contribution is -2.39. The Morgan fingerprint density at radius 1 is 1.34 bits per heavy atom. The van der Waals surface area contributed by atoms with Gasteiger partial charge in [-0.25, -0.2) is 9.37 Å². The van der Waals surface area contributed by atoms with Crippen molar-refractivity contribution < 1.29 is 14.2 Å². The van der Waals surface area contributed by atoms with E-state index in [1.54, 1.807) is 17.4 Å². The Labute approximate surface area is 168 Å². The van der Waals surface area contributed by atoms with Gasteiger partial charge in [-0.15, -0.1) is 0 Å². The maximum atomic E-state index is 14.1. The van der Waals surface area contributed by atoms with Gasteiger partial charge in [0, 0.05) is 18.3 Å². The van der Waals surface area contributed by atoms with Crippen molar-refractivity contribution in [2.45, 2.75) is 38.6 Å². The number of nitriles is 1. The molecular formula is C22H23FN4O2. The first-order valence-corrected chi connectivity index (χ1v) is 9.87. The van der Waals surface area contributed by atoms with E-state index in [1.165, 1.54) is 12.1 Å². The minimum Gasteiger partial charge on any atom is -0.505 e. The molecule has 1 fully saturated rings. The molecule has 0 amide bonds. The summed E-state index contributed by atoms with van der Waals surface area (Å²) in [5, 5.41) is 19.1. The summed E-state index contributed by atoms with van der Waals surface area (Å²) in [6, 6.07) is 4.75. The molecule has 1 aliphatic heterocycles. The standard InChI is InChI=1S/C22H23FN4O2/c1-2-15-7-21(28)19(23)9-18(15)16-8-22(20-10-25-14-27(20)11-16)29-12-17-5-3-4-6-26(17)13-24/h7-11,14,17,28H,2-6,12H2,1H3. The van der Waals surface area contributed by atoms with E-state index in [9.17, 15) is 14.8 Å². The summed E-state index contributed by atoms with van der Waals surface area (Å²) < 4.78 is 22.1. The van der Waals surface area contributed by atoms with Crippen LogP contribution in [-0.2, 0) is 6.42 Å². The third-order valence-corrected chi connectivity index (χ3v) is 5.53. The molecule has 1 aromatic carbocycles. The first-order chi connectivity index (χ1) is 14.1. The normalized spacial score (nSPS) is 16.7. The number of aryl methyl sites for hydroxylation is 1. The van der Waals surface area contributed by atoms with Crippen molar-refractivity contribution in [2.24, 2.45) is 0 Å². The number of phenolic OH excluding ortho intramolecular Hbond substituents is 1. The fraction of sp³-hybridized carbons (Fsp3) is 0.364. The molecule has 0 saturated carbocycles. The van der Waals surface area contributed by atoms with Crippen molar-refractivity contribution >= 4 is 5.52 Å². The van der Waals surface area contributed by atoms with E-state index >= 15 is 0 Å². The molecule has 0 aliphatic carbocycles. The highest BCUT2D eigenvalue weighted by atomic mass is 19.1. The summed E-state index contributed by atoms with van der Waals surface area (Å²) in [4.78, 5) is 5.99. The summed E-state index contributed by atoms with van der Waals surface area (Å²) in [6.07, 6.45) is 11.2. The van der Waals surface area contributed by atoms with Crippen molar-refractivity contribution in [3.63, 3.8) is 0 Å². The molecule has 6 nitrogen and oxygen atoms in total. The number of ether oxygens (including phenoxy) is 1. The number of phenols is 1. The van der Waals surface area contributed by atoms with E-state index in [-0.39, 0.29) is 11.8 Å². The molecule has 1 atom stereocenters. The first kappa shape index (κ1) is 19.1. The molecule has 2 aromatic heterocycles. The number of nitrogens with zero attached hydrogens (tertiary/aromatic N) is 4. The fourth-order valence-corrected chi connectivity index (χ4v) is 3.92. The van der Waals surface area contributed by atoms with Gasteiger partial charge in [-0.2, -0.15) is 5.26 Å². The number of imidazole rings is 1. The lowest BCUT2D eigenvalue weighted by molar-refractivity contribution is 0.151. The molecule has 1 saturated heterocycles. The first-order valence-electron chi connectivity index (χ1n) is 9.87. The van der Waals surface area contributed by atoms with Gasteiger partial charge < -0.3 is 19.1 Å². The predicted octanol–water partition coefficient (Wildman–Crippen LogP) is 4.12. The topological polar surface area (TPSA) is 73.8 Å². The van der Waals surface area contributed by atoms with Crippen LogP contribution in [0.4, 0.5) is 4.39 Å². The molecule has 0 radical (unpaired) electrons. The zero-order valence-corrected chi connectivity index (χ0v) is 16.3. The van der Waals surface area contributed by atoms with Crippen LogP contribution >= 0.6 is 0 Å². The summed E-state index contributed by atoms with van der Waals surface area (Å²) in [5.41, 5.74) is 3.14. The second-order valence-electron chi connectivity index (χ2n) is 7.35. The van der Waals surface area contributed by atoms with Crippen LogP contribution in [0, 0.1) is 17.3 Å². The smallest absolute Gasteiger partial charge is 0.179 e. The Bertz CT molecular complexity index is 1070. The molecule has 3 aromatic rings. The highest BCUT2D eigenvalue weighted by molar-refractivity contribution is 5.73. The predicted molar refractivity (Wildman–Crippen MR) is 107 cm³/mol. The second kappa shape index (κ2) is 8.00. The zero-order valence-electron chi connectivity index (χ0n) is 16.3. The van der Waals surface area contributed by atoms with Crippen molar-refractivity contribution in [3.8, 4) is 28.8 Å². The maximum Gasteiger partial charge on any atom is 0.179 e. The zero-order chi connectivity index (χ0) is 20.4. The van der Waals surface area contributed by atoms with Crippen molar-refractivity contribution in [1.82, 2.24) is 14.3 Å². The molecule has 7 heteroatoms. The number of likely N-dealkylation sites (tertiary alicyclic amines) is 1. The van der Waals surface area contributed by atoms with E-state index in [1.807, 2.05) is 23.6 Å². The van der Waals surface area contributed by atoms with Gasteiger partial charge in [0.25, 0.3) is 0 Å². The Balaban J connectivity index is 1.70. The number of hydrogen-bond acceptors (Lipinski definition) is 5. The van der Waals surface area contributed by atoms with E-state index in [0.29, 0.717) is 24.3 Å². The number of piperidine rings is 1. The number of hydrogen-bond donors (Lipinski definition) is 1. The lowest BCUT2D eigenvalue weighted by Gasteiger charge is -2.31. The van der Waals surface area contributed by atoms with E-state index in [0.717, 1.165) is 42.5 Å². The van der Waals surface area contributed by atoms with Crippen molar-refractivity contribution in [1.29, 1.82) is 5.26 Å². The van der Waals surface area contributed by atoms with E-state index in [2.05, 4.69) is 11.2 Å². The van der Waals surface area contributed by atoms with Gasteiger partial charge in [-0.3, -0.25) is 0 Å². The number of fused-ring (bicyclic) bond motifs is 1. The molecule has 150 valence electrons. The summed E-state index contributed by atoms with van der Waals surface area (Å²) in [5.74, 6) is -0.365. The van der Waals surface area contributed by atoms with Gasteiger partial charge in [0.15, 0.2) is 17.8 Å². The molecule has 0 bridgehead atoms. The number of halogens is 1. The maximum absolute atomic E-state index is 14.1. The van der Waals surface area contributed by atoms with Gasteiger partial charge in [-0.05, 0) is 55.0 Å². The Morgan fingerprint density at radius 3 is 3.00 bits per heavy atom. The average molecular weight is 394 g/mol. The Kier molecular flexibility index (Phi) is 5.26. The molecule has 3 heterocycles. The lowest BCUT2D eigenvalue weighted by atomic mass is 9.98. The number of aromatic nitrogens is 2. The van der Waals surface area contributed by atoms with Gasteiger partial charge in [0.1, 0.15) is 17.9 Å². The average Bonchev–Trinajstić information content (AvgIpc) is 3.22. The highest BCUT2D eigenvalue weighted by Gasteiger charge is 2.22. The third-order valence-electron chi connectivity index (χ3n) is 5.53. The summed E-state index contributed by atoms with van der Waals surface area (Å²) in [6.45, 7) is 3.13. The van der Waals surface area contributed by atoms with Crippen LogP contribution in [0.5, 0.6) is 11.5 Å². The SMILES string of the molecule is CCc1cc(O)c(F)cc1-c1cc(OCC2CCCCN2C#N)c2cncn2c1. The van der Waals surface area contributed by atoms with E-state index < -0.39 is 5.82 Å². The van der Waals surface area contributed by atoms with Crippen LogP contribution in [0.25, 0.3) is 16.6 Å². The Hall–Kier alpha value is -3.27. The van der Waals surface area contributed by atoms with Gasteiger partial charge in [0.2, 0.25) is 0 Å².